The van der Waals surface area contributed by atoms with E-state index in [4.69, 9.17) is 0 Å². The van der Waals surface area contributed by atoms with Crippen LogP contribution in [0.3, 0.4) is 0 Å². The van der Waals surface area contributed by atoms with Gasteiger partial charge in [0.1, 0.15) is 0 Å². The van der Waals surface area contributed by atoms with Crippen molar-refractivity contribution in [3.05, 3.63) is 0 Å². The molecule has 0 aromatic rings. The third kappa shape index (κ3) is 4.72. The molecule has 20 heavy (non-hydrogen) atoms. The lowest BCUT2D eigenvalue weighted by molar-refractivity contribution is 0.114. The maximum Gasteiger partial charge on any atom is 0.0569 e. The van der Waals surface area contributed by atoms with Crippen molar-refractivity contribution in [2.24, 2.45) is 0 Å². The number of aliphatic hydroxyl groups excluding tert-OH is 2. The summed E-state index contributed by atoms with van der Waals surface area (Å²) in [7, 11) is 0. The van der Waals surface area contributed by atoms with Gasteiger partial charge in [-0.1, -0.05) is 0 Å². The van der Waals surface area contributed by atoms with Crippen molar-refractivity contribution in [2.45, 2.75) is 87.7 Å². The van der Waals surface area contributed by atoms with Crippen molar-refractivity contribution in [3.63, 3.8) is 0 Å². The predicted octanol–water partition coefficient (Wildman–Crippen LogP) is 1.37. The lowest BCUT2D eigenvalue weighted by atomic mass is 10.0. The molecule has 4 saturated heterocycles. The highest BCUT2D eigenvalue weighted by molar-refractivity contribution is 5.85. The quantitative estimate of drug-likeness (QED) is 0.543. The molecule has 0 aromatic heterocycles. The summed E-state index contributed by atoms with van der Waals surface area (Å²) >= 11 is 0. The summed E-state index contributed by atoms with van der Waals surface area (Å²) in [4.78, 5) is 0. The highest BCUT2D eigenvalue weighted by Gasteiger charge is 2.32. The standard InChI is InChI=1S/2C7H13NO.2ClH/c2*9-7-3-5-1-2-6(4-7)8-5;;/h2*5-9H,1-4H2;2*1H/t2*5-,6+,7?;;. The van der Waals surface area contributed by atoms with Crippen LogP contribution in [0.1, 0.15) is 51.4 Å². The molecule has 0 aliphatic carbocycles. The Kier molecular flexibility index (Phi) is 7.53. The maximum absolute atomic E-state index is 9.25. The summed E-state index contributed by atoms with van der Waals surface area (Å²) in [6.45, 7) is 0. The topological polar surface area (TPSA) is 64.5 Å². The van der Waals surface area contributed by atoms with Gasteiger partial charge >= 0.3 is 0 Å². The Morgan fingerprint density at radius 3 is 1.05 bits per heavy atom. The van der Waals surface area contributed by atoms with E-state index in [0.29, 0.717) is 24.2 Å². The van der Waals surface area contributed by atoms with Crippen LogP contribution >= 0.6 is 24.8 Å². The lowest BCUT2D eigenvalue weighted by Crippen LogP contribution is -2.40. The first-order chi connectivity index (χ1) is 8.69. The van der Waals surface area contributed by atoms with E-state index in [-0.39, 0.29) is 37.0 Å². The largest absolute Gasteiger partial charge is 0.393 e. The molecule has 0 saturated carbocycles. The van der Waals surface area contributed by atoms with Crippen molar-refractivity contribution in [2.75, 3.05) is 0 Å². The van der Waals surface area contributed by atoms with Gasteiger partial charge in [0.05, 0.1) is 12.2 Å². The van der Waals surface area contributed by atoms with Crippen LogP contribution in [0, 0.1) is 0 Å². The van der Waals surface area contributed by atoms with E-state index < -0.39 is 0 Å². The Hall–Kier alpha value is 0.420. The van der Waals surface area contributed by atoms with Crippen LogP contribution in [0.2, 0.25) is 0 Å². The first-order valence-electron chi connectivity index (χ1n) is 7.57. The Morgan fingerprint density at radius 1 is 0.550 bits per heavy atom. The minimum atomic E-state index is -0.0104. The Bertz CT molecular complexity index is 244. The molecule has 0 amide bonds. The summed E-state index contributed by atoms with van der Waals surface area (Å²) in [5, 5.41) is 25.4. The molecule has 4 rings (SSSR count). The van der Waals surface area contributed by atoms with Gasteiger partial charge in [-0.15, -0.1) is 24.8 Å². The van der Waals surface area contributed by atoms with Crippen molar-refractivity contribution >= 4 is 24.8 Å². The summed E-state index contributed by atoms with van der Waals surface area (Å²) < 4.78 is 0. The summed E-state index contributed by atoms with van der Waals surface area (Å²) in [5.41, 5.74) is 0. The van der Waals surface area contributed by atoms with E-state index in [1.54, 1.807) is 0 Å². The molecule has 0 spiro atoms. The minimum Gasteiger partial charge on any atom is -0.393 e. The van der Waals surface area contributed by atoms with Crippen LogP contribution in [0.4, 0.5) is 0 Å². The number of aliphatic hydroxyl groups is 2. The Balaban J connectivity index is 0.000000182. The van der Waals surface area contributed by atoms with Crippen molar-refractivity contribution in [1.82, 2.24) is 10.6 Å². The first kappa shape index (κ1) is 18.5. The maximum atomic E-state index is 9.25. The highest BCUT2D eigenvalue weighted by atomic mass is 35.5. The second-order valence-electron chi connectivity index (χ2n) is 6.53. The molecule has 0 aromatic carbocycles. The zero-order valence-electron chi connectivity index (χ0n) is 11.8. The van der Waals surface area contributed by atoms with E-state index >= 15 is 0 Å². The fraction of sp³-hybridized carbons (Fsp3) is 1.00. The molecule has 6 atom stereocenters. The van der Waals surface area contributed by atoms with Crippen LogP contribution in [0.15, 0.2) is 0 Å². The Labute approximate surface area is 133 Å². The van der Waals surface area contributed by atoms with Gasteiger partial charge in [0.25, 0.3) is 0 Å². The predicted molar refractivity (Wildman–Crippen MR) is 84.9 cm³/mol. The van der Waals surface area contributed by atoms with Gasteiger partial charge in [0.15, 0.2) is 0 Å². The molecule has 4 bridgehead atoms. The zero-order chi connectivity index (χ0) is 12.5. The molecule has 6 heteroatoms. The van der Waals surface area contributed by atoms with Gasteiger partial charge in [-0.05, 0) is 51.4 Å². The van der Waals surface area contributed by atoms with E-state index in [1.807, 2.05) is 0 Å². The molecular formula is C14H28Cl2N2O2. The van der Waals surface area contributed by atoms with Gasteiger partial charge in [0, 0.05) is 24.2 Å². The van der Waals surface area contributed by atoms with E-state index in [1.165, 1.54) is 25.7 Å². The number of nitrogens with one attached hydrogen (secondary N) is 2. The molecule has 4 fully saturated rings. The van der Waals surface area contributed by atoms with Crippen LogP contribution in [0.5, 0.6) is 0 Å². The zero-order valence-corrected chi connectivity index (χ0v) is 13.5. The van der Waals surface area contributed by atoms with Gasteiger partial charge in [-0.2, -0.15) is 0 Å². The molecule has 4 heterocycles. The SMILES string of the molecule is Cl.Cl.OC1C[C@H]2CC[C@@H](C1)N2.OC1C[C@H]2CC[C@@H](C1)N2. The molecule has 4 aliphatic heterocycles. The Morgan fingerprint density at radius 2 is 0.800 bits per heavy atom. The number of piperidine rings is 2. The minimum absolute atomic E-state index is 0. The molecule has 4 nitrogen and oxygen atoms in total. The fourth-order valence-electron chi connectivity index (χ4n) is 4.05. The van der Waals surface area contributed by atoms with Crippen molar-refractivity contribution in [1.29, 1.82) is 0 Å². The number of hydrogen-bond acceptors (Lipinski definition) is 4. The van der Waals surface area contributed by atoms with Crippen LogP contribution in [-0.4, -0.2) is 46.6 Å². The van der Waals surface area contributed by atoms with E-state index in [2.05, 4.69) is 10.6 Å². The third-order valence-electron chi connectivity index (χ3n) is 4.90. The normalized spacial score (nSPS) is 44.7. The van der Waals surface area contributed by atoms with Crippen LogP contribution in [-0.2, 0) is 0 Å². The average Bonchev–Trinajstić information content (AvgIpc) is 2.83. The smallest absolute Gasteiger partial charge is 0.0569 e. The summed E-state index contributed by atoms with van der Waals surface area (Å²) in [6.07, 6.45) is 9.03. The number of fused-ring (bicyclic) bond motifs is 4. The summed E-state index contributed by atoms with van der Waals surface area (Å²) in [6, 6.07) is 2.55. The molecule has 4 aliphatic rings. The van der Waals surface area contributed by atoms with Gasteiger partial charge < -0.3 is 20.8 Å². The van der Waals surface area contributed by atoms with Crippen molar-refractivity contribution in [3.8, 4) is 0 Å². The highest BCUT2D eigenvalue weighted by Crippen LogP contribution is 2.27. The molecule has 0 radical (unpaired) electrons. The van der Waals surface area contributed by atoms with Gasteiger partial charge in [0.2, 0.25) is 0 Å². The molecular weight excluding hydrogens is 299 g/mol. The third-order valence-corrected chi connectivity index (χ3v) is 4.90. The lowest BCUT2D eigenvalue weighted by Gasteiger charge is -2.24. The average molecular weight is 327 g/mol. The van der Waals surface area contributed by atoms with Gasteiger partial charge in [-0.25, -0.2) is 0 Å². The summed E-state index contributed by atoms with van der Waals surface area (Å²) in [5.74, 6) is 0. The fourth-order valence-corrected chi connectivity index (χ4v) is 4.05. The second-order valence-corrected chi connectivity index (χ2v) is 6.53. The van der Waals surface area contributed by atoms with Crippen molar-refractivity contribution < 1.29 is 10.2 Å². The van der Waals surface area contributed by atoms with Gasteiger partial charge in [-0.3, -0.25) is 0 Å². The van der Waals surface area contributed by atoms with E-state index in [9.17, 15) is 10.2 Å². The molecule has 4 N–H and O–H groups in total. The van der Waals surface area contributed by atoms with E-state index in [0.717, 1.165) is 25.7 Å². The monoisotopic (exact) mass is 326 g/mol. The van der Waals surface area contributed by atoms with Crippen LogP contribution in [0.25, 0.3) is 0 Å². The number of rotatable bonds is 0. The number of hydrogen-bond donors (Lipinski definition) is 4. The second kappa shape index (κ2) is 8.16. The molecule has 120 valence electrons. The number of halogens is 2. The van der Waals surface area contributed by atoms with Crippen LogP contribution < -0.4 is 10.6 Å². The first-order valence-corrected chi connectivity index (χ1v) is 7.57. The molecule has 2 unspecified atom stereocenters.